The summed E-state index contributed by atoms with van der Waals surface area (Å²) in [7, 11) is 1.83. The van der Waals surface area contributed by atoms with Crippen LogP contribution in [0.15, 0.2) is 17.3 Å². The van der Waals surface area contributed by atoms with Gasteiger partial charge in [-0.1, -0.05) is 17.3 Å². The molecule has 0 saturated heterocycles. The molecule has 1 N–H and O–H groups in total. The standard InChI is InChI=1S/C8H11N3O/c1-11-5-3-2-4-8(11,6-9)7-10-12/h2-3,7,12H,4-5H2,1H3/b10-7+. The maximum absolute atomic E-state index is 8.92. The van der Waals surface area contributed by atoms with E-state index < -0.39 is 5.54 Å². The Morgan fingerprint density at radius 2 is 2.50 bits per heavy atom. The maximum Gasteiger partial charge on any atom is 0.151 e. The molecule has 0 aromatic carbocycles. The zero-order chi connectivity index (χ0) is 9.03. The summed E-state index contributed by atoms with van der Waals surface area (Å²) in [6.45, 7) is 0.708. The lowest BCUT2D eigenvalue weighted by Gasteiger charge is -2.33. The molecule has 0 spiro atoms. The molecule has 1 aliphatic rings. The molecule has 4 nitrogen and oxygen atoms in total. The van der Waals surface area contributed by atoms with Crippen LogP contribution < -0.4 is 0 Å². The number of hydrogen-bond donors (Lipinski definition) is 1. The van der Waals surface area contributed by atoms with E-state index in [2.05, 4.69) is 11.2 Å². The summed E-state index contributed by atoms with van der Waals surface area (Å²) in [5, 5.41) is 20.2. The summed E-state index contributed by atoms with van der Waals surface area (Å²) in [5.74, 6) is 0. The average molecular weight is 165 g/mol. The highest BCUT2D eigenvalue weighted by molar-refractivity contribution is 5.74. The van der Waals surface area contributed by atoms with Gasteiger partial charge in [0.05, 0.1) is 12.3 Å². The number of rotatable bonds is 1. The molecule has 64 valence electrons. The van der Waals surface area contributed by atoms with E-state index >= 15 is 0 Å². The number of oxime groups is 1. The van der Waals surface area contributed by atoms with Crippen LogP contribution in [-0.2, 0) is 0 Å². The minimum absolute atomic E-state index is 0.573. The summed E-state index contributed by atoms with van der Waals surface area (Å²) in [6.07, 6.45) is 5.76. The third-order valence-corrected chi connectivity index (χ3v) is 2.12. The molecule has 12 heavy (non-hydrogen) atoms. The van der Waals surface area contributed by atoms with Crippen LogP contribution in [0.2, 0.25) is 0 Å². The molecule has 1 unspecified atom stereocenters. The van der Waals surface area contributed by atoms with E-state index in [0.717, 1.165) is 0 Å². The first kappa shape index (κ1) is 8.75. The third-order valence-electron chi connectivity index (χ3n) is 2.12. The van der Waals surface area contributed by atoms with Gasteiger partial charge in [-0.3, -0.25) is 4.90 Å². The van der Waals surface area contributed by atoms with E-state index in [1.165, 1.54) is 6.21 Å². The molecule has 1 atom stereocenters. The molecule has 0 aromatic heterocycles. The highest BCUT2D eigenvalue weighted by Crippen LogP contribution is 2.19. The molecule has 0 saturated carbocycles. The van der Waals surface area contributed by atoms with Crippen molar-refractivity contribution in [1.82, 2.24) is 4.90 Å². The van der Waals surface area contributed by atoms with Gasteiger partial charge < -0.3 is 5.21 Å². The van der Waals surface area contributed by atoms with Crippen molar-refractivity contribution in [3.05, 3.63) is 12.2 Å². The van der Waals surface area contributed by atoms with Crippen molar-refractivity contribution in [2.45, 2.75) is 12.0 Å². The van der Waals surface area contributed by atoms with Crippen molar-refractivity contribution in [2.24, 2.45) is 5.16 Å². The number of nitriles is 1. The Bertz CT molecular complexity index is 254. The largest absolute Gasteiger partial charge is 0.411 e. The summed E-state index contributed by atoms with van der Waals surface area (Å²) in [6, 6.07) is 2.13. The molecule has 1 heterocycles. The maximum atomic E-state index is 8.92. The van der Waals surface area contributed by atoms with Gasteiger partial charge in [0.1, 0.15) is 0 Å². The monoisotopic (exact) mass is 165 g/mol. The topological polar surface area (TPSA) is 59.6 Å². The molecule has 0 bridgehead atoms. The van der Waals surface area contributed by atoms with Gasteiger partial charge in [-0.2, -0.15) is 5.26 Å². The van der Waals surface area contributed by atoms with Crippen LogP contribution in [0.5, 0.6) is 0 Å². The smallest absolute Gasteiger partial charge is 0.151 e. The van der Waals surface area contributed by atoms with Crippen LogP contribution in [0, 0.1) is 11.3 Å². The van der Waals surface area contributed by atoms with Gasteiger partial charge in [-0.05, 0) is 7.05 Å². The Balaban J connectivity index is 2.92. The highest BCUT2D eigenvalue weighted by Gasteiger charge is 2.33. The molecular formula is C8H11N3O. The predicted octanol–water partition coefficient (Wildman–Crippen LogP) is 0.600. The lowest BCUT2D eigenvalue weighted by molar-refractivity contribution is 0.247. The first-order valence-corrected chi connectivity index (χ1v) is 3.71. The van der Waals surface area contributed by atoms with E-state index in [1.54, 1.807) is 0 Å². The second kappa shape index (κ2) is 3.37. The fourth-order valence-electron chi connectivity index (χ4n) is 1.22. The summed E-state index contributed by atoms with van der Waals surface area (Å²) >= 11 is 0. The number of hydrogen-bond acceptors (Lipinski definition) is 4. The summed E-state index contributed by atoms with van der Waals surface area (Å²) in [5.41, 5.74) is -0.760. The van der Waals surface area contributed by atoms with Crippen LogP contribution in [0.25, 0.3) is 0 Å². The van der Waals surface area contributed by atoms with Gasteiger partial charge in [0, 0.05) is 13.0 Å². The Labute approximate surface area is 71.4 Å². The second-order valence-electron chi connectivity index (χ2n) is 2.84. The molecule has 0 aliphatic carbocycles. The van der Waals surface area contributed by atoms with Crippen LogP contribution in [0.1, 0.15) is 6.42 Å². The zero-order valence-corrected chi connectivity index (χ0v) is 6.94. The van der Waals surface area contributed by atoms with Crippen LogP contribution >= 0.6 is 0 Å². The van der Waals surface area contributed by atoms with Crippen LogP contribution in [-0.4, -0.2) is 35.5 Å². The number of likely N-dealkylation sites (N-methyl/N-ethyl adjacent to an activating group) is 1. The first-order chi connectivity index (χ1) is 5.75. The normalized spacial score (nSPS) is 30.7. The molecule has 0 radical (unpaired) electrons. The van der Waals surface area contributed by atoms with E-state index in [-0.39, 0.29) is 0 Å². The molecule has 0 amide bonds. The van der Waals surface area contributed by atoms with E-state index in [1.807, 2.05) is 24.1 Å². The Morgan fingerprint density at radius 1 is 1.75 bits per heavy atom. The van der Waals surface area contributed by atoms with Crippen LogP contribution in [0.4, 0.5) is 0 Å². The Kier molecular flexibility index (Phi) is 2.46. The molecule has 0 aromatic rings. The van der Waals surface area contributed by atoms with Crippen LogP contribution in [0.3, 0.4) is 0 Å². The Hall–Kier alpha value is -1.34. The van der Waals surface area contributed by atoms with Gasteiger partial charge in [0.15, 0.2) is 5.54 Å². The van der Waals surface area contributed by atoms with E-state index in [0.29, 0.717) is 13.0 Å². The average Bonchev–Trinajstić information content (AvgIpc) is 2.10. The molecular weight excluding hydrogens is 154 g/mol. The van der Waals surface area contributed by atoms with Gasteiger partial charge in [0.2, 0.25) is 0 Å². The molecule has 4 heteroatoms. The second-order valence-corrected chi connectivity index (χ2v) is 2.84. The minimum Gasteiger partial charge on any atom is -0.411 e. The van der Waals surface area contributed by atoms with Crippen molar-refractivity contribution in [3.63, 3.8) is 0 Å². The highest BCUT2D eigenvalue weighted by atomic mass is 16.4. The summed E-state index contributed by atoms with van der Waals surface area (Å²) < 4.78 is 0. The third kappa shape index (κ3) is 1.31. The minimum atomic E-state index is -0.760. The van der Waals surface area contributed by atoms with Crippen molar-refractivity contribution >= 4 is 6.21 Å². The SMILES string of the molecule is CN1CC=CCC1(C#N)/C=N/O. The molecule has 1 rings (SSSR count). The van der Waals surface area contributed by atoms with Gasteiger partial charge in [-0.25, -0.2) is 0 Å². The van der Waals surface area contributed by atoms with Gasteiger partial charge in [-0.15, -0.1) is 0 Å². The Morgan fingerprint density at radius 3 is 3.00 bits per heavy atom. The van der Waals surface area contributed by atoms with E-state index in [4.69, 9.17) is 10.5 Å². The van der Waals surface area contributed by atoms with Gasteiger partial charge >= 0.3 is 0 Å². The van der Waals surface area contributed by atoms with Crippen molar-refractivity contribution in [1.29, 1.82) is 5.26 Å². The van der Waals surface area contributed by atoms with Crippen molar-refractivity contribution < 1.29 is 5.21 Å². The zero-order valence-electron chi connectivity index (χ0n) is 6.94. The lowest BCUT2D eigenvalue weighted by atomic mass is 9.94. The fourth-order valence-corrected chi connectivity index (χ4v) is 1.22. The predicted molar refractivity (Wildman–Crippen MR) is 45.0 cm³/mol. The quantitative estimate of drug-likeness (QED) is 0.268. The fraction of sp³-hybridized carbons (Fsp3) is 0.500. The first-order valence-electron chi connectivity index (χ1n) is 3.71. The lowest BCUT2D eigenvalue weighted by Crippen LogP contribution is -2.48. The van der Waals surface area contributed by atoms with Gasteiger partial charge in [0.25, 0.3) is 0 Å². The number of nitrogens with zero attached hydrogens (tertiary/aromatic N) is 3. The summed E-state index contributed by atoms with van der Waals surface area (Å²) in [4.78, 5) is 1.84. The van der Waals surface area contributed by atoms with E-state index in [9.17, 15) is 0 Å². The molecule has 1 aliphatic heterocycles. The van der Waals surface area contributed by atoms with Crippen molar-refractivity contribution in [2.75, 3.05) is 13.6 Å². The van der Waals surface area contributed by atoms with Crippen molar-refractivity contribution in [3.8, 4) is 6.07 Å². The molecule has 0 fully saturated rings.